The van der Waals surface area contributed by atoms with Crippen molar-refractivity contribution in [2.24, 2.45) is 0 Å². The Bertz CT molecular complexity index is 1320. The van der Waals surface area contributed by atoms with Crippen LogP contribution in [0.2, 0.25) is 10.0 Å². The van der Waals surface area contributed by atoms with Crippen LogP contribution in [-0.2, 0) is 0 Å². The standard InChI is InChI=1S/C17H14Cl2FN9O/c1-6(24-14-11(19)13(21)26-17(22)27-14)15-25-12-8(4-7(20)5-9(12)18)16(30)29(15)10-2-3-23-28-10/h2-6H,1H3,(H,23,28)(H5,21,22,24,26,27)/t6-/m0/s1. The fourth-order valence-electron chi connectivity index (χ4n) is 2.98. The fraction of sp³-hybridized carbons (Fsp3) is 0.118. The van der Waals surface area contributed by atoms with Gasteiger partial charge in [0, 0.05) is 6.07 Å². The van der Waals surface area contributed by atoms with Crippen molar-refractivity contribution in [3.8, 4) is 5.82 Å². The molecule has 154 valence electrons. The van der Waals surface area contributed by atoms with E-state index in [1.54, 1.807) is 13.0 Å². The monoisotopic (exact) mass is 449 g/mol. The minimum atomic E-state index is -0.653. The highest BCUT2D eigenvalue weighted by Crippen LogP contribution is 2.30. The third-order valence-electron chi connectivity index (χ3n) is 4.28. The van der Waals surface area contributed by atoms with Crippen LogP contribution in [0, 0.1) is 5.82 Å². The van der Waals surface area contributed by atoms with Crippen LogP contribution in [0.3, 0.4) is 0 Å². The molecule has 0 spiro atoms. The van der Waals surface area contributed by atoms with Gasteiger partial charge in [-0.25, -0.2) is 13.9 Å². The number of H-pyrrole nitrogens is 1. The van der Waals surface area contributed by atoms with Crippen molar-refractivity contribution in [1.29, 1.82) is 0 Å². The van der Waals surface area contributed by atoms with Crippen molar-refractivity contribution >= 4 is 51.7 Å². The van der Waals surface area contributed by atoms with Gasteiger partial charge in [0.2, 0.25) is 5.95 Å². The number of rotatable bonds is 4. The van der Waals surface area contributed by atoms with Crippen molar-refractivity contribution in [3.05, 3.63) is 56.4 Å². The molecule has 30 heavy (non-hydrogen) atoms. The molecule has 0 bridgehead atoms. The lowest BCUT2D eigenvalue weighted by Gasteiger charge is -2.20. The van der Waals surface area contributed by atoms with Crippen LogP contribution in [0.5, 0.6) is 0 Å². The lowest BCUT2D eigenvalue weighted by Crippen LogP contribution is -2.28. The summed E-state index contributed by atoms with van der Waals surface area (Å²) in [6, 6.07) is 3.09. The molecule has 0 aliphatic heterocycles. The van der Waals surface area contributed by atoms with E-state index in [2.05, 4.69) is 30.5 Å². The van der Waals surface area contributed by atoms with Crippen molar-refractivity contribution in [3.63, 3.8) is 0 Å². The topological polar surface area (TPSA) is 153 Å². The molecule has 0 saturated carbocycles. The molecule has 13 heteroatoms. The molecule has 1 atom stereocenters. The molecule has 3 aromatic heterocycles. The highest BCUT2D eigenvalue weighted by atomic mass is 35.5. The van der Waals surface area contributed by atoms with Gasteiger partial charge in [0.1, 0.15) is 28.3 Å². The highest BCUT2D eigenvalue weighted by molar-refractivity contribution is 6.35. The van der Waals surface area contributed by atoms with Crippen molar-refractivity contribution in [2.45, 2.75) is 13.0 Å². The summed E-state index contributed by atoms with van der Waals surface area (Å²) in [7, 11) is 0. The second-order valence-corrected chi connectivity index (χ2v) is 7.12. The molecule has 6 N–H and O–H groups in total. The number of hydrogen-bond donors (Lipinski definition) is 4. The summed E-state index contributed by atoms with van der Waals surface area (Å²) in [4.78, 5) is 25.5. The second-order valence-electron chi connectivity index (χ2n) is 6.33. The molecular formula is C17H14Cl2FN9O. The van der Waals surface area contributed by atoms with Gasteiger partial charge in [-0.15, -0.1) is 0 Å². The predicted molar refractivity (Wildman–Crippen MR) is 112 cm³/mol. The third kappa shape index (κ3) is 3.37. The first-order chi connectivity index (χ1) is 14.3. The van der Waals surface area contributed by atoms with E-state index in [9.17, 15) is 9.18 Å². The molecular weight excluding hydrogens is 436 g/mol. The predicted octanol–water partition coefficient (Wildman–Crippen LogP) is 2.68. The molecule has 10 nitrogen and oxygen atoms in total. The Morgan fingerprint density at radius 1 is 1.23 bits per heavy atom. The zero-order valence-electron chi connectivity index (χ0n) is 15.3. The van der Waals surface area contributed by atoms with Gasteiger partial charge in [-0.3, -0.25) is 9.89 Å². The Morgan fingerprint density at radius 2 is 2.00 bits per heavy atom. The SMILES string of the molecule is C[C@H](Nc1nc(N)nc(N)c1Cl)c1nc2c(Cl)cc(F)cc2c(=O)n1-c1ccn[nH]1. The van der Waals surface area contributed by atoms with Gasteiger partial charge in [-0.2, -0.15) is 15.1 Å². The maximum atomic E-state index is 13.9. The molecule has 4 rings (SSSR count). The van der Waals surface area contributed by atoms with Gasteiger partial charge in [0.25, 0.3) is 5.56 Å². The number of aromatic amines is 1. The van der Waals surface area contributed by atoms with Crippen LogP contribution >= 0.6 is 23.2 Å². The minimum absolute atomic E-state index is 0.000804. The number of nitrogens with two attached hydrogens (primary N) is 2. The molecule has 0 unspecified atom stereocenters. The van der Waals surface area contributed by atoms with E-state index in [0.717, 1.165) is 12.1 Å². The number of fused-ring (bicyclic) bond motifs is 1. The van der Waals surface area contributed by atoms with E-state index in [-0.39, 0.29) is 44.4 Å². The Morgan fingerprint density at radius 3 is 2.70 bits per heavy atom. The van der Waals surface area contributed by atoms with E-state index in [0.29, 0.717) is 5.82 Å². The number of benzene rings is 1. The van der Waals surface area contributed by atoms with Crippen LogP contribution in [-0.4, -0.2) is 29.7 Å². The number of halogens is 3. The average Bonchev–Trinajstić information content (AvgIpc) is 3.20. The molecule has 0 saturated heterocycles. The normalized spacial score (nSPS) is 12.3. The Labute approximate surface area is 178 Å². The fourth-order valence-corrected chi connectivity index (χ4v) is 3.36. The molecule has 4 aromatic rings. The van der Waals surface area contributed by atoms with E-state index >= 15 is 0 Å². The maximum Gasteiger partial charge on any atom is 0.267 e. The lowest BCUT2D eigenvalue weighted by molar-refractivity contribution is 0.629. The largest absolute Gasteiger partial charge is 0.382 e. The number of nitrogens with one attached hydrogen (secondary N) is 2. The number of nitrogens with zero attached hydrogens (tertiary/aromatic N) is 5. The summed E-state index contributed by atoms with van der Waals surface area (Å²) in [5.41, 5.74) is 11.0. The van der Waals surface area contributed by atoms with Crippen LogP contribution < -0.4 is 22.3 Å². The summed E-state index contributed by atoms with van der Waals surface area (Å²) >= 11 is 12.3. The van der Waals surface area contributed by atoms with Crippen LogP contribution in [0.15, 0.2) is 29.2 Å². The third-order valence-corrected chi connectivity index (χ3v) is 4.94. The van der Waals surface area contributed by atoms with E-state index in [1.165, 1.54) is 10.8 Å². The van der Waals surface area contributed by atoms with Crippen molar-refractivity contribution in [2.75, 3.05) is 16.8 Å². The molecule has 1 aromatic carbocycles. The highest BCUT2D eigenvalue weighted by Gasteiger charge is 2.22. The van der Waals surface area contributed by atoms with Gasteiger partial charge < -0.3 is 16.8 Å². The molecule has 0 amide bonds. The van der Waals surface area contributed by atoms with Gasteiger partial charge in [-0.1, -0.05) is 23.2 Å². The van der Waals surface area contributed by atoms with Gasteiger partial charge >= 0.3 is 0 Å². The van der Waals surface area contributed by atoms with Crippen LogP contribution in [0.1, 0.15) is 18.8 Å². The van der Waals surface area contributed by atoms with Crippen molar-refractivity contribution < 1.29 is 4.39 Å². The summed E-state index contributed by atoms with van der Waals surface area (Å²) in [6.45, 7) is 1.71. The Balaban J connectivity index is 1.93. The lowest BCUT2D eigenvalue weighted by atomic mass is 10.2. The first kappa shape index (κ1) is 19.9. The van der Waals surface area contributed by atoms with E-state index < -0.39 is 17.4 Å². The number of aromatic nitrogens is 6. The summed E-state index contributed by atoms with van der Waals surface area (Å²) in [6.07, 6.45) is 1.47. The first-order valence-corrected chi connectivity index (χ1v) is 9.28. The van der Waals surface area contributed by atoms with E-state index in [4.69, 9.17) is 34.7 Å². The molecule has 3 heterocycles. The van der Waals surface area contributed by atoms with Crippen molar-refractivity contribution in [1.82, 2.24) is 29.7 Å². The zero-order valence-corrected chi connectivity index (χ0v) is 16.8. The summed E-state index contributed by atoms with van der Waals surface area (Å²) in [5, 5.41) is 9.67. The molecule has 0 aliphatic rings. The first-order valence-electron chi connectivity index (χ1n) is 8.52. The smallest absolute Gasteiger partial charge is 0.267 e. The molecule has 0 fully saturated rings. The second kappa shape index (κ2) is 7.43. The van der Waals surface area contributed by atoms with Crippen LogP contribution in [0.4, 0.5) is 22.0 Å². The number of anilines is 3. The number of nitrogen functional groups attached to an aromatic ring is 2. The van der Waals surface area contributed by atoms with Crippen LogP contribution in [0.25, 0.3) is 16.7 Å². The van der Waals surface area contributed by atoms with E-state index in [1.807, 2.05) is 0 Å². The summed E-state index contributed by atoms with van der Waals surface area (Å²) in [5.74, 6) is -0.0224. The number of hydrogen-bond acceptors (Lipinski definition) is 8. The summed E-state index contributed by atoms with van der Waals surface area (Å²) < 4.78 is 15.1. The van der Waals surface area contributed by atoms with Gasteiger partial charge in [0.15, 0.2) is 5.82 Å². The maximum absolute atomic E-state index is 13.9. The Hall–Kier alpha value is -3.44. The molecule has 0 radical (unpaired) electrons. The quantitative estimate of drug-likeness (QED) is 0.370. The van der Waals surface area contributed by atoms with Gasteiger partial charge in [-0.05, 0) is 19.1 Å². The Kier molecular flexibility index (Phi) is 4.92. The zero-order chi connectivity index (χ0) is 21.6. The van der Waals surface area contributed by atoms with Gasteiger partial charge in [0.05, 0.1) is 28.2 Å². The minimum Gasteiger partial charge on any atom is -0.382 e. The average molecular weight is 450 g/mol. The molecule has 0 aliphatic carbocycles.